The van der Waals surface area contributed by atoms with Gasteiger partial charge < -0.3 is 9.64 Å². The van der Waals surface area contributed by atoms with Crippen molar-refractivity contribution < 1.29 is 22.7 Å². The van der Waals surface area contributed by atoms with Gasteiger partial charge in [0, 0.05) is 31.7 Å². The molecule has 4 nitrogen and oxygen atoms in total. The highest BCUT2D eigenvalue weighted by molar-refractivity contribution is 9.10. The maximum atomic E-state index is 12.6. The van der Waals surface area contributed by atoms with Crippen molar-refractivity contribution in [1.82, 2.24) is 9.80 Å². The molecular formula is C20H20BrF3N2O2. The molecule has 1 fully saturated rings. The summed E-state index contributed by atoms with van der Waals surface area (Å²) in [6.45, 7) is 0.477. The van der Waals surface area contributed by atoms with Gasteiger partial charge >= 0.3 is 6.18 Å². The summed E-state index contributed by atoms with van der Waals surface area (Å²) < 4.78 is 44.0. The average molecular weight is 457 g/mol. The highest BCUT2D eigenvalue weighted by atomic mass is 79.9. The maximum Gasteiger partial charge on any atom is 0.401 e. The molecule has 8 heteroatoms. The summed E-state index contributed by atoms with van der Waals surface area (Å²) in [6.07, 6.45) is -4.21. The van der Waals surface area contributed by atoms with Gasteiger partial charge in [-0.1, -0.05) is 24.3 Å². The van der Waals surface area contributed by atoms with Crippen LogP contribution in [0.5, 0.6) is 5.75 Å². The number of ether oxygens (including phenoxy) is 1. The number of rotatable bonds is 5. The fourth-order valence-electron chi connectivity index (χ4n) is 3.01. The Kier molecular flexibility index (Phi) is 6.61. The Balaban J connectivity index is 1.52. The van der Waals surface area contributed by atoms with Gasteiger partial charge in [-0.2, -0.15) is 13.2 Å². The van der Waals surface area contributed by atoms with Gasteiger partial charge in [0.1, 0.15) is 12.4 Å². The Bertz CT molecular complexity index is 804. The predicted molar refractivity (Wildman–Crippen MR) is 103 cm³/mol. The van der Waals surface area contributed by atoms with Gasteiger partial charge in [-0.15, -0.1) is 0 Å². The number of amides is 1. The number of alkyl halides is 3. The highest BCUT2D eigenvalue weighted by Gasteiger charge is 2.32. The Labute approximate surface area is 170 Å². The second kappa shape index (κ2) is 8.96. The molecule has 1 saturated heterocycles. The number of benzene rings is 2. The number of piperazine rings is 1. The van der Waals surface area contributed by atoms with E-state index in [0.29, 0.717) is 25.3 Å². The van der Waals surface area contributed by atoms with Crippen molar-refractivity contribution in [2.45, 2.75) is 12.8 Å². The topological polar surface area (TPSA) is 32.8 Å². The van der Waals surface area contributed by atoms with Crippen LogP contribution in [-0.4, -0.2) is 54.6 Å². The van der Waals surface area contributed by atoms with Gasteiger partial charge in [-0.3, -0.25) is 9.69 Å². The van der Waals surface area contributed by atoms with E-state index in [4.69, 9.17) is 4.74 Å². The zero-order valence-electron chi connectivity index (χ0n) is 15.1. The minimum absolute atomic E-state index is 0.162. The third kappa shape index (κ3) is 5.72. The number of hydrogen-bond acceptors (Lipinski definition) is 3. The van der Waals surface area contributed by atoms with E-state index in [-0.39, 0.29) is 19.0 Å². The van der Waals surface area contributed by atoms with Crippen LogP contribution in [0.15, 0.2) is 53.0 Å². The van der Waals surface area contributed by atoms with Crippen LogP contribution < -0.4 is 4.74 Å². The van der Waals surface area contributed by atoms with Crippen molar-refractivity contribution in [3.05, 3.63) is 64.1 Å². The SMILES string of the molecule is O=C(c1ccc(COc2ccccc2Br)cc1)N1CCN(CC(F)(F)F)CC1. The number of carbonyl (C=O) groups is 1. The van der Waals surface area contributed by atoms with Gasteiger partial charge in [0.2, 0.25) is 0 Å². The summed E-state index contributed by atoms with van der Waals surface area (Å²) in [5.41, 5.74) is 1.44. The maximum absolute atomic E-state index is 12.6. The van der Waals surface area contributed by atoms with Gasteiger partial charge in [-0.25, -0.2) is 0 Å². The van der Waals surface area contributed by atoms with Crippen LogP contribution in [0.25, 0.3) is 0 Å². The Hall–Kier alpha value is -2.06. The monoisotopic (exact) mass is 456 g/mol. The zero-order chi connectivity index (χ0) is 20.1. The summed E-state index contributed by atoms with van der Waals surface area (Å²) in [5.74, 6) is 0.573. The molecule has 0 unspecified atom stereocenters. The molecular weight excluding hydrogens is 437 g/mol. The summed E-state index contributed by atoms with van der Waals surface area (Å²) in [5, 5.41) is 0. The third-order valence-electron chi connectivity index (χ3n) is 4.49. The summed E-state index contributed by atoms with van der Waals surface area (Å²) in [7, 11) is 0. The van der Waals surface area contributed by atoms with Crippen molar-refractivity contribution in [3.8, 4) is 5.75 Å². The molecule has 0 N–H and O–H groups in total. The Morgan fingerprint density at radius 1 is 1.00 bits per heavy atom. The van der Waals surface area contributed by atoms with Gasteiger partial charge in [0.05, 0.1) is 11.0 Å². The largest absolute Gasteiger partial charge is 0.488 e. The molecule has 0 saturated carbocycles. The normalized spacial score (nSPS) is 15.5. The first-order valence-corrected chi connectivity index (χ1v) is 9.66. The van der Waals surface area contributed by atoms with E-state index in [0.717, 1.165) is 15.8 Å². The van der Waals surface area contributed by atoms with Gasteiger partial charge in [-0.05, 0) is 45.8 Å². The van der Waals surface area contributed by atoms with E-state index in [1.54, 1.807) is 17.0 Å². The molecule has 2 aromatic carbocycles. The molecule has 0 atom stereocenters. The molecule has 150 valence electrons. The first-order valence-electron chi connectivity index (χ1n) is 8.86. The fourth-order valence-corrected chi connectivity index (χ4v) is 3.41. The molecule has 1 aliphatic rings. The van der Waals surface area contributed by atoms with E-state index >= 15 is 0 Å². The van der Waals surface area contributed by atoms with Crippen molar-refractivity contribution >= 4 is 21.8 Å². The van der Waals surface area contributed by atoms with E-state index in [1.807, 2.05) is 36.4 Å². The first-order chi connectivity index (χ1) is 13.3. The molecule has 28 heavy (non-hydrogen) atoms. The van der Waals surface area contributed by atoms with Crippen molar-refractivity contribution in [1.29, 1.82) is 0 Å². The van der Waals surface area contributed by atoms with Crippen molar-refractivity contribution in [2.24, 2.45) is 0 Å². The number of carbonyl (C=O) groups excluding carboxylic acids is 1. The van der Waals surface area contributed by atoms with Crippen LogP contribution in [0.1, 0.15) is 15.9 Å². The molecule has 1 aliphatic heterocycles. The number of halogens is 4. The molecule has 0 bridgehead atoms. The summed E-state index contributed by atoms with van der Waals surface area (Å²) in [4.78, 5) is 15.5. The fraction of sp³-hybridized carbons (Fsp3) is 0.350. The second-order valence-electron chi connectivity index (χ2n) is 6.60. The molecule has 1 heterocycles. The van der Waals surface area contributed by atoms with E-state index in [9.17, 15) is 18.0 Å². The zero-order valence-corrected chi connectivity index (χ0v) is 16.7. The predicted octanol–water partition coefficient (Wildman–Crippen LogP) is 4.35. The molecule has 0 aliphatic carbocycles. The lowest BCUT2D eigenvalue weighted by atomic mass is 10.1. The minimum Gasteiger partial charge on any atom is -0.488 e. The van der Waals surface area contributed by atoms with Crippen LogP contribution in [0.4, 0.5) is 13.2 Å². The molecule has 0 aromatic heterocycles. The minimum atomic E-state index is -4.21. The number of hydrogen-bond donors (Lipinski definition) is 0. The average Bonchev–Trinajstić information content (AvgIpc) is 2.67. The Morgan fingerprint density at radius 2 is 1.64 bits per heavy atom. The lowest BCUT2D eigenvalue weighted by Gasteiger charge is -2.35. The lowest BCUT2D eigenvalue weighted by molar-refractivity contribution is -0.148. The van der Waals surface area contributed by atoms with E-state index in [2.05, 4.69) is 15.9 Å². The van der Waals surface area contributed by atoms with Crippen LogP contribution in [-0.2, 0) is 6.61 Å². The smallest absolute Gasteiger partial charge is 0.401 e. The van der Waals surface area contributed by atoms with Crippen LogP contribution in [0.3, 0.4) is 0 Å². The van der Waals surface area contributed by atoms with Crippen LogP contribution >= 0.6 is 15.9 Å². The Morgan fingerprint density at radius 3 is 2.25 bits per heavy atom. The summed E-state index contributed by atoms with van der Waals surface area (Å²) >= 11 is 3.42. The number of nitrogens with zero attached hydrogens (tertiary/aromatic N) is 2. The molecule has 0 radical (unpaired) electrons. The van der Waals surface area contributed by atoms with Gasteiger partial charge in [0.25, 0.3) is 5.91 Å². The highest BCUT2D eigenvalue weighted by Crippen LogP contribution is 2.25. The standard InChI is InChI=1S/C20H20BrF3N2O2/c21-17-3-1-2-4-18(17)28-13-15-5-7-16(8-6-15)19(27)26-11-9-25(10-12-26)14-20(22,23)24/h1-8H,9-14H2. The van der Waals surface area contributed by atoms with E-state index in [1.165, 1.54) is 4.90 Å². The van der Waals surface area contributed by atoms with Crippen LogP contribution in [0, 0.1) is 0 Å². The summed E-state index contributed by atoms with van der Waals surface area (Å²) in [6, 6.07) is 14.6. The van der Waals surface area contributed by atoms with E-state index < -0.39 is 12.7 Å². The molecule has 0 spiro atoms. The molecule has 1 amide bonds. The van der Waals surface area contributed by atoms with Crippen LogP contribution in [0.2, 0.25) is 0 Å². The van der Waals surface area contributed by atoms with Crippen molar-refractivity contribution in [2.75, 3.05) is 32.7 Å². The molecule has 3 rings (SSSR count). The molecule has 2 aromatic rings. The van der Waals surface area contributed by atoms with Crippen molar-refractivity contribution in [3.63, 3.8) is 0 Å². The lowest BCUT2D eigenvalue weighted by Crippen LogP contribution is -2.50. The van der Waals surface area contributed by atoms with Gasteiger partial charge in [0.15, 0.2) is 0 Å². The third-order valence-corrected chi connectivity index (χ3v) is 5.15. The first kappa shape index (κ1) is 20.7. The quantitative estimate of drug-likeness (QED) is 0.670. The second-order valence-corrected chi connectivity index (χ2v) is 7.45. The number of para-hydroxylation sites is 1.